The average molecular weight is 258 g/mol. The lowest BCUT2D eigenvalue weighted by molar-refractivity contribution is -0.150. The van der Waals surface area contributed by atoms with Crippen LogP contribution in [0.2, 0.25) is 0 Å². The minimum Gasteiger partial charge on any atom is -0.480 e. The van der Waals surface area contributed by atoms with E-state index in [1.807, 2.05) is 4.90 Å². The summed E-state index contributed by atoms with van der Waals surface area (Å²) in [7, 11) is 1.52. The molecule has 0 aromatic carbocycles. The number of hydrogen-bond acceptors (Lipinski definition) is 4. The Morgan fingerprint density at radius 2 is 1.89 bits per heavy atom. The summed E-state index contributed by atoms with van der Waals surface area (Å²) in [5.74, 6) is -0.867. The SMILES string of the molecule is COC(C)(C)C(=O)N1CCCN(CC(=O)O)CC1. The Hall–Kier alpha value is -1.14. The minimum absolute atomic E-state index is 0.0374. The van der Waals surface area contributed by atoms with Crippen molar-refractivity contribution in [3.63, 3.8) is 0 Å². The van der Waals surface area contributed by atoms with Crippen LogP contribution in [0.5, 0.6) is 0 Å². The maximum atomic E-state index is 12.2. The maximum absolute atomic E-state index is 12.2. The van der Waals surface area contributed by atoms with Crippen LogP contribution in [-0.2, 0) is 14.3 Å². The first-order valence-corrected chi connectivity index (χ1v) is 6.15. The van der Waals surface area contributed by atoms with Crippen LogP contribution in [0.25, 0.3) is 0 Å². The second-order valence-electron chi connectivity index (χ2n) is 5.03. The number of amides is 1. The molecule has 0 atom stereocenters. The lowest BCUT2D eigenvalue weighted by atomic mass is 10.1. The number of carbonyl (C=O) groups is 2. The van der Waals surface area contributed by atoms with E-state index in [1.54, 1.807) is 18.7 Å². The van der Waals surface area contributed by atoms with Gasteiger partial charge in [-0.2, -0.15) is 0 Å². The minimum atomic E-state index is -0.827. The van der Waals surface area contributed by atoms with E-state index in [-0.39, 0.29) is 12.5 Å². The highest BCUT2D eigenvalue weighted by Crippen LogP contribution is 2.14. The van der Waals surface area contributed by atoms with Gasteiger partial charge < -0.3 is 14.7 Å². The number of carboxylic acid groups (broad SMARTS) is 1. The predicted octanol–water partition coefficient (Wildman–Crippen LogP) is 0.0303. The predicted molar refractivity (Wildman–Crippen MR) is 66.4 cm³/mol. The Morgan fingerprint density at radius 1 is 1.22 bits per heavy atom. The molecule has 1 heterocycles. The second-order valence-corrected chi connectivity index (χ2v) is 5.03. The van der Waals surface area contributed by atoms with Gasteiger partial charge in [-0.1, -0.05) is 0 Å². The second kappa shape index (κ2) is 6.15. The van der Waals surface area contributed by atoms with Gasteiger partial charge in [0.05, 0.1) is 6.54 Å². The van der Waals surface area contributed by atoms with Crippen LogP contribution in [-0.4, -0.2) is 72.2 Å². The third kappa shape index (κ3) is 3.96. The molecular formula is C12H22N2O4. The van der Waals surface area contributed by atoms with Crippen molar-refractivity contribution in [1.82, 2.24) is 9.80 Å². The van der Waals surface area contributed by atoms with Crippen molar-refractivity contribution in [2.45, 2.75) is 25.9 Å². The Morgan fingerprint density at radius 3 is 2.44 bits per heavy atom. The summed E-state index contributed by atoms with van der Waals surface area (Å²) in [5, 5.41) is 8.76. The molecule has 6 nitrogen and oxygen atoms in total. The summed E-state index contributed by atoms with van der Waals surface area (Å²) in [5.41, 5.74) is -0.817. The first-order chi connectivity index (χ1) is 8.36. The Balaban J connectivity index is 2.56. The van der Waals surface area contributed by atoms with Crippen molar-refractivity contribution in [3.8, 4) is 0 Å². The zero-order valence-electron chi connectivity index (χ0n) is 11.3. The number of nitrogens with zero attached hydrogens (tertiary/aromatic N) is 2. The van der Waals surface area contributed by atoms with Gasteiger partial charge in [0.1, 0.15) is 5.60 Å². The summed E-state index contributed by atoms with van der Waals surface area (Å²) in [6, 6.07) is 0. The Kier molecular flexibility index (Phi) is 5.10. The van der Waals surface area contributed by atoms with Gasteiger partial charge in [-0.3, -0.25) is 14.5 Å². The summed E-state index contributed by atoms with van der Waals surface area (Å²) in [4.78, 5) is 26.5. The van der Waals surface area contributed by atoms with Crippen molar-refractivity contribution >= 4 is 11.9 Å². The van der Waals surface area contributed by atoms with Crippen LogP contribution in [0.1, 0.15) is 20.3 Å². The zero-order chi connectivity index (χ0) is 13.8. The summed E-state index contributed by atoms with van der Waals surface area (Å²) in [6.07, 6.45) is 0.790. The first-order valence-electron chi connectivity index (χ1n) is 6.15. The molecular weight excluding hydrogens is 236 g/mol. The fourth-order valence-corrected chi connectivity index (χ4v) is 1.99. The van der Waals surface area contributed by atoms with Gasteiger partial charge in [0, 0.05) is 33.3 Å². The lowest BCUT2D eigenvalue weighted by Gasteiger charge is -2.30. The molecule has 0 radical (unpaired) electrons. The molecule has 104 valence electrons. The molecule has 1 aliphatic heterocycles. The molecule has 0 saturated carbocycles. The van der Waals surface area contributed by atoms with Crippen molar-refractivity contribution in [1.29, 1.82) is 0 Å². The third-order valence-electron chi connectivity index (χ3n) is 3.26. The van der Waals surface area contributed by atoms with Crippen LogP contribution < -0.4 is 0 Å². The van der Waals surface area contributed by atoms with Crippen molar-refractivity contribution < 1.29 is 19.4 Å². The molecule has 0 bridgehead atoms. The molecule has 1 fully saturated rings. The van der Waals surface area contributed by atoms with Crippen molar-refractivity contribution in [2.24, 2.45) is 0 Å². The van der Waals surface area contributed by atoms with E-state index < -0.39 is 11.6 Å². The van der Waals surface area contributed by atoms with E-state index in [1.165, 1.54) is 7.11 Å². The molecule has 0 spiro atoms. The highest BCUT2D eigenvalue weighted by molar-refractivity contribution is 5.84. The first kappa shape index (κ1) is 14.9. The number of carboxylic acids is 1. The average Bonchev–Trinajstić information content (AvgIpc) is 2.53. The standard InChI is InChI=1S/C12H22N2O4/c1-12(2,18-3)11(17)14-6-4-5-13(7-8-14)9-10(15)16/h4-9H2,1-3H3,(H,15,16). The molecule has 6 heteroatoms. The highest BCUT2D eigenvalue weighted by atomic mass is 16.5. The Labute approximate surface area is 107 Å². The topological polar surface area (TPSA) is 70.1 Å². The largest absolute Gasteiger partial charge is 0.480 e. The van der Waals surface area contributed by atoms with Crippen molar-refractivity contribution in [3.05, 3.63) is 0 Å². The fraction of sp³-hybridized carbons (Fsp3) is 0.833. The smallest absolute Gasteiger partial charge is 0.317 e. The van der Waals surface area contributed by atoms with Crippen LogP contribution in [0.4, 0.5) is 0 Å². The Bertz CT molecular complexity index is 317. The van der Waals surface area contributed by atoms with E-state index in [0.29, 0.717) is 26.2 Å². The highest BCUT2D eigenvalue weighted by Gasteiger charge is 2.32. The van der Waals surface area contributed by atoms with Crippen LogP contribution in [0.3, 0.4) is 0 Å². The molecule has 0 aliphatic carbocycles. The van der Waals surface area contributed by atoms with E-state index in [0.717, 1.165) is 6.42 Å². The summed E-state index contributed by atoms with van der Waals surface area (Å²) in [6.45, 7) is 6.04. The van der Waals surface area contributed by atoms with Crippen LogP contribution in [0.15, 0.2) is 0 Å². The van der Waals surface area contributed by atoms with Crippen LogP contribution in [0, 0.1) is 0 Å². The molecule has 1 aliphatic rings. The molecule has 18 heavy (non-hydrogen) atoms. The summed E-state index contributed by atoms with van der Waals surface area (Å²) < 4.78 is 5.19. The van der Waals surface area contributed by atoms with Gasteiger partial charge in [0.15, 0.2) is 0 Å². The number of rotatable bonds is 4. The van der Waals surface area contributed by atoms with Gasteiger partial charge in [-0.15, -0.1) is 0 Å². The number of methoxy groups -OCH3 is 1. The molecule has 0 aromatic heterocycles. The number of ether oxygens (including phenoxy) is 1. The van der Waals surface area contributed by atoms with E-state index in [2.05, 4.69) is 0 Å². The fourth-order valence-electron chi connectivity index (χ4n) is 1.99. The molecule has 1 amide bonds. The van der Waals surface area contributed by atoms with Gasteiger partial charge >= 0.3 is 5.97 Å². The maximum Gasteiger partial charge on any atom is 0.317 e. The quantitative estimate of drug-likeness (QED) is 0.770. The molecule has 1 saturated heterocycles. The molecule has 0 aromatic rings. The van der Waals surface area contributed by atoms with Gasteiger partial charge in [-0.25, -0.2) is 0 Å². The lowest BCUT2D eigenvalue weighted by Crippen LogP contribution is -2.47. The number of aliphatic carboxylic acids is 1. The monoisotopic (exact) mass is 258 g/mol. The molecule has 0 unspecified atom stereocenters. The van der Waals surface area contributed by atoms with Gasteiger partial charge in [0.25, 0.3) is 5.91 Å². The number of carbonyl (C=O) groups excluding carboxylic acids is 1. The van der Waals surface area contributed by atoms with E-state index >= 15 is 0 Å². The molecule has 1 rings (SSSR count). The van der Waals surface area contributed by atoms with Crippen molar-refractivity contribution in [2.75, 3.05) is 39.8 Å². The third-order valence-corrected chi connectivity index (χ3v) is 3.26. The number of hydrogen-bond donors (Lipinski definition) is 1. The van der Waals surface area contributed by atoms with E-state index in [9.17, 15) is 9.59 Å². The normalized spacial score (nSPS) is 18.5. The summed E-state index contributed by atoms with van der Waals surface area (Å²) >= 11 is 0. The van der Waals surface area contributed by atoms with Gasteiger partial charge in [-0.05, 0) is 20.3 Å². The van der Waals surface area contributed by atoms with Gasteiger partial charge in [0.2, 0.25) is 0 Å². The molecule has 1 N–H and O–H groups in total. The van der Waals surface area contributed by atoms with E-state index in [4.69, 9.17) is 9.84 Å². The van der Waals surface area contributed by atoms with Crippen LogP contribution >= 0.6 is 0 Å². The zero-order valence-corrected chi connectivity index (χ0v) is 11.3.